The third-order valence-corrected chi connectivity index (χ3v) is 8.85. The van der Waals surface area contributed by atoms with E-state index in [0.29, 0.717) is 0 Å². The van der Waals surface area contributed by atoms with Crippen LogP contribution in [0.4, 0.5) is 0 Å². The highest BCUT2D eigenvalue weighted by Gasteiger charge is 2.30. The molecule has 0 fully saturated rings. The molecule has 3 aromatic rings. The molecule has 0 bridgehead atoms. The van der Waals surface area contributed by atoms with Crippen molar-refractivity contribution in [1.29, 1.82) is 0 Å². The highest BCUT2D eigenvalue weighted by Crippen LogP contribution is 2.19. The fraction of sp³-hybridized carbons (Fsp3) is 0.100. The summed E-state index contributed by atoms with van der Waals surface area (Å²) in [7, 11) is 3.47. The summed E-state index contributed by atoms with van der Waals surface area (Å²) in [6, 6.07) is 25.7. The second-order valence-corrected chi connectivity index (χ2v) is 10.8. The topological polar surface area (TPSA) is 18.5 Å². The van der Waals surface area contributed by atoms with E-state index in [9.17, 15) is 0 Å². The van der Waals surface area contributed by atoms with Crippen LogP contribution in [0.3, 0.4) is 0 Å². The van der Waals surface area contributed by atoms with Crippen LogP contribution in [-0.4, -0.2) is 14.2 Å². The molecule has 0 aromatic heterocycles. The van der Waals surface area contributed by atoms with E-state index in [1.165, 1.54) is 14.3 Å². The molecule has 3 rings (SSSR count). The van der Waals surface area contributed by atoms with Crippen LogP contribution in [0.15, 0.2) is 72.8 Å². The largest absolute Gasteiger partial charge is 0.492 e. The molecule has 0 unspecified atom stereocenters. The molecule has 0 aliphatic heterocycles. The Morgan fingerprint density at radius 3 is 1.38 bits per heavy atom. The molecule has 0 saturated heterocycles. The van der Waals surface area contributed by atoms with Gasteiger partial charge in [-0.2, -0.15) is 0 Å². The number of rotatable bonds is 6. The van der Waals surface area contributed by atoms with E-state index in [-0.39, 0.29) is 42.4 Å². The molecule has 4 heteroatoms. The van der Waals surface area contributed by atoms with Crippen molar-refractivity contribution in [1.82, 2.24) is 0 Å². The highest BCUT2D eigenvalue weighted by molar-refractivity contribution is 5.32. The summed E-state index contributed by atoms with van der Waals surface area (Å²) in [6.45, 7) is 0. The second kappa shape index (κ2) is 8.71. The van der Waals surface area contributed by atoms with Crippen molar-refractivity contribution in [3.05, 3.63) is 87.1 Å². The molecule has 0 radical (unpaired) electrons. The van der Waals surface area contributed by atoms with Crippen LogP contribution in [-0.2, 0) is 0 Å². The second-order valence-electron chi connectivity index (χ2n) is 4.90. The van der Waals surface area contributed by atoms with Gasteiger partial charge in [-0.25, -0.2) is 0 Å². The minimum Gasteiger partial charge on any atom is -0.492 e. The lowest BCUT2D eigenvalue weighted by molar-refractivity contribution is -0.611. The average Bonchev–Trinajstić information content (AvgIpc) is 2.64. The summed E-state index contributed by atoms with van der Waals surface area (Å²) < 4.78 is 16.7. The minimum absolute atomic E-state index is 0.273. The van der Waals surface area contributed by atoms with Crippen molar-refractivity contribution in [2.75, 3.05) is 14.2 Å². The van der Waals surface area contributed by atoms with E-state index in [0.717, 1.165) is 11.5 Å². The van der Waals surface area contributed by atoms with Crippen LogP contribution in [0.5, 0.6) is 11.5 Å². The van der Waals surface area contributed by atoms with E-state index in [4.69, 9.17) is 9.47 Å². The lowest BCUT2D eigenvalue weighted by Crippen LogP contribution is -3.63. The zero-order valence-electron chi connectivity index (χ0n) is 13.5. The van der Waals surface area contributed by atoms with Gasteiger partial charge in [0.2, 0.25) is 7.14 Å². The van der Waals surface area contributed by atoms with Gasteiger partial charge in [0.25, 0.3) is 0 Å². The third-order valence-electron chi connectivity index (χ3n) is 3.31. The Bertz CT molecular complexity index is 725. The molecule has 24 heavy (non-hydrogen) atoms. The van der Waals surface area contributed by atoms with Gasteiger partial charge in [0.15, 0.2) is 18.6 Å². The maximum atomic E-state index is 5.62. The van der Waals surface area contributed by atoms with Crippen molar-refractivity contribution >= 4 is 0 Å². The van der Waals surface area contributed by atoms with E-state index in [2.05, 4.69) is 72.8 Å². The van der Waals surface area contributed by atoms with Gasteiger partial charge < -0.3 is 9.47 Å². The average molecular weight is 544 g/mol. The van der Waals surface area contributed by atoms with Crippen molar-refractivity contribution < 1.29 is 51.9 Å². The predicted octanol–water partition coefficient (Wildman–Crippen LogP) is -2.04. The van der Waals surface area contributed by atoms with Gasteiger partial charge in [0.05, 0.1) is 20.3 Å². The summed E-state index contributed by atoms with van der Waals surface area (Å²) in [4.78, 5) is 0. The fourth-order valence-electron chi connectivity index (χ4n) is 2.16. The lowest BCUT2D eigenvalue weighted by Gasteiger charge is -2.04. The zero-order valence-corrected chi connectivity index (χ0v) is 17.8. The molecule has 2 nitrogen and oxygen atoms in total. The summed E-state index contributed by atoms with van der Waals surface area (Å²) in [5.41, 5.74) is 0. The van der Waals surface area contributed by atoms with E-state index in [1.807, 2.05) is 0 Å². The van der Waals surface area contributed by atoms with E-state index < -0.39 is 0 Å². The molecular weight excluding hydrogens is 526 g/mol. The van der Waals surface area contributed by atoms with Gasteiger partial charge in [0, 0.05) is 6.07 Å². The third kappa shape index (κ3) is 4.42. The maximum absolute atomic E-state index is 5.62. The van der Waals surface area contributed by atoms with Crippen LogP contribution >= 0.6 is 0 Å². The molecule has 0 aliphatic carbocycles. The molecule has 0 atom stereocenters. The lowest BCUT2D eigenvalue weighted by atomic mass is 10.3. The first-order valence-corrected chi connectivity index (χ1v) is 11.8. The Hall–Kier alpha value is -1.28. The van der Waals surface area contributed by atoms with E-state index >= 15 is 0 Å². The van der Waals surface area contributed by atoms with Crippen LogP contribution < -0.4 is 51.9 Å². The first-order valence-electron chi connectivity index (χ1n) is 7.46. The molecule has 0 spiro atoms. The highest BCUT2D eigenvalue weighted by atomic mass is 127. The summed E-state index contributed by atoms with van der Waals surface area (Å²) in [5, 5.41) is 0. The standard InChI is InChI=1S/C20H18I2O2/c1-23-19-14-20(24-2)18(22-16-11-7-4-8-12-16)13-17(19)21-15-9-5-3-6-10-15/h3-14H,1-2H3/q+2. The van der Waals surface area contributed by atoms with Crippen molar-refractivity contribution in [3.63, 3.8) is 0 Å². The van der Waals surface area contributed by atoms with Crippen LogP contribution in [0.25, 0.3) is 0 Å². The van der Waals surface area contributed by atoms with Crippen molar-refractivity contribution in [2.24, 2.45) is 0 Å². The van der Waals surface area contributed by atoms with Crippen LogP contribution in [0.1, 0.15) is 0 Å². The van der Waals surface area contributed by atoms with Gasteiger partial charge in [-0.3, -0.25) is 0 Å². The monoisotopic (exact) mass is 544 g/mol. The Labute approximate surface area is 163 Å². The Kier molecular flexibility index (Phi) is 6.37. The SMILES string of the molecule is COc1cc(OC)c([I+]c2ccccc2)cc1[I+]c1ccccc1. The van der Waals surface area contributed by atoms with Gasteiger partial charge >= 0.3 is 42.4 Å². The molecule has 122 valence electrons. The number of ether oxygens (including phenoxy) is 2. The van der Waals surface area contributed by atoms with E-state index in [1.54, 1.807) is 14.2 Å². The minimum atomic E-state index is -0.273. The molecule has 0 aliphatic rings. The Balaban J connectivity index is 1.97. The summed E-state index contributed by atoms with van der Waals surface area (Å²) in [5.74, 6) is 1.87. The normalized spacial score (nSPS) is 10.4. The molecular formula is C20H18I2O2+2. The van der Waals surface area contributed by atoms with Crippen LogP contribution in [0.2, 0.25) is 0 Å². The number of benzene rings is 3. The smallest absolute Gasteiger partial charge is 0.362 e. The van der Waals surface area contributed by atoms with Crippen molar-refractivity contribution in [3.8, 4) is 11.5 Å². The molecule has 0 amide bonds. The first kappa shape index (κ1) is 17.5. The number of halogens is 2. The van der Waals surface area contributed by atoms with Gasteiger partial charge in [-0.1, -0.05) is 36.4 Å². The molecule has 0 saturated carbocycles. The Morgan fingerprint density at radius 2 is 1.00 bits per heavy atom. The van der Waals surface area contributed by atoms with Gasteiger partial charge in [-0.05, 0) is 24.3 Å². The predicted molar refractivity (Wildman–Crippen MR) is 87.2 cm³/mol. The maximum Gasteiger partial charge on any atom is 0.362 e. The van der Waals surface area contributed by atoms with Crippen molar-refractivity contribution in [2.45, 2.75) is 0 Å². The number of hydrogen-bond acceptors (Lipinski definition) is 2. The van der Waals surface area contributed by atoms with Gasteiger partial charge in [0.1, 0.15) is 0 Å². The summed E-state index contributed by atoms with van der Waals surface area (Å²) >= 11 is -0.547. The fourth-order valence-corrected chi connectivity index (χ4v) is 7.87. The quantitative estimate of drug-likeness (QED) is 0.334. The number of hydrogen-bond donors (Lipinski definition) is 0. The molecule has 0 heterocycles. The zero-order chi connectivity index (χ0) is 16.8. The molecule has 3 aromatic carbocycles. The van der Waals surface area contributed by atoms with Gasteiger partial charge in [-0.15, -0.1) is 0 Å². The Morgan fingerprint density at radius 1 is 0.583 bits per heavy atom. The van der Waals surface area contributed by atoms with Crippen LogP contribution in [0, 0.1) is 14.3 Å². The number of methoxy groups -OCH3 is 2. The summed E-state index contributed by atoms with van der Waals surface area (Å²) in [6.07, 6.45) is 0. The molecule has 0 N–H and O–H groups in total. The first-order chi connectivity index (χ1) is 11.8.